The van der Waals surface area contributed by atoms with Gasteiger partial charge in [0.25, 0.3) is 0 Å². The smallest absolute Gasteiger partial charge is 0.151 e. The van der Waals surface area contributed by atoms with E-state index in [4.69, 9.17) is 27.9 Å². The summed E-state index contributed by atoms with van der Waals surface area (Å²) in [5.41, 5.74) is 0.211. The number of nitrogens with one attached hydrogen (secondary N) is 2. The lowest BCUT2D eigenvalue weighted by atomic mass is 10.3. The molecule has 2 rings (SSSR count). The zero-order valence-electron chi connectivity index (χ0n) is 10.8. The van der Waals surface area contributed by atoms with Crippen LogP contribution in [0, 0.1) is 5.82 Å². The number of halogens is 3. The number of aromatic nitrogens is 1. The number of anilines is 3. The van der Waals surface area contributed by atoms with E-state index in [1.54, 1.807) is 7.05 Å². The Morgan fingerprint density at radius 2 is 1.85 bits per heavy atom. The molecule has 20 heavy (non-hydrogen) atoms. The molecule has 2 N–H and O–H groups in total. The molecule has 0 unspecified atom stereocenters. The van der Waals surface area contributed by atoms with Gasteiger partial charge in [0.05, 0.1) is 22.8 Å². The average molecular weight is 316 g/mol. The molecule has 0 aliphatic rings. The van der Waals surface area contributed by atoms with Crippen LogP contribution in [0.4, 0.5) is 21.7 Å². The third kappa shape index (κ3) is 3.05. The maximum Gasteiger partial charge on any atom is 0.151 e. The first kappa shape index (κ1) is 14.7. The molecule has 1 heterocycles. The van der Waals surface area contributed by atoms with E-state index in [1.807, 2.05) is 0 Å². The molecule has 0 radical (unpaired) electrons. The summed E-state index contributed by atoms with van der Waals surface area (Å²) >= 11 is 12.0. The van der Waals surface area contributed by atoms with Gasteiger partial charge in [0, 0.05) is 13.1 Å². The van der Waals surface area contributed by atoms with Crippen molar-refractivity contribution in [2.24, 2.45) is 0 Å². The zero-order chi connectivity index (χ0) is 14.7. The SMILES string of the molecule is CNc1nc(Nc2cc(OC)ccc2F)c(Cl)cc1Cl. The molecule has 0 aliphatic carbocycles. The molecule has 0 atom stereocenters. The molecule has 7 heteroatoms. The van der Waals surface area contributed by atoms with Crippen LogP contribution in [0.15, 0.2) is 24.3 Å². The van der Waals surface area contributed by atoms with E-state index in [2.05, 4.69) is 15.6 Å². The van der Waals surface area contributed by atoms with Crippen molar-refractivity contribution in [2.75, 3.05) is 24.8 Å². The maximum absolute atomic E-state index is 13.8. The van der Waals surface area contributed by atoms with Crippen molar-refractivity contribution in [3.8, 4) is 5.75 Å². The third-order valence-electron chi connectivity index (χ3n) is 2.59. The fourth-order valence-corrected chi connectivity index (χ4v) is 2.08. The van der Waals surface area contributed by atoms with Crippen molar-refractivity contribution in [3.63, 3.8) is 0 Å². The summed E-state index contributed by atoms with van der Waals surface area (Å²) in [6.45, 7) is 0. The number of hydrogen-bond donors (Lipinski definition) is 2. The van der Waals surface area contributed by atoms with Gasteiger partial charge < -0.3 is 15.4 Å². The van der Waals surface area contributed by atoms with E-state index in [1.165, 1.54) is 31.4 Å². The highest BCUT2D eigenvalue weighted by molar-refractivity contribution is 6.37. The molecule has 0 amide bonds. The van der Waals surface area contributed by atoms with E-state index >= 15 is 0 Å². The van der Waals surface area contributed by atoms with Gasteiger partial charge in [-0.25, -0.2) is 9.37 Å². The molecule has 0 fully saturated rings. The predicted octanol–water partition coefficient (Wildman–Crippen LogP) is 4.32. The molecular formula is C13H12Cl2FN3O. The van der Waals surface area contributed by atoms with Gasteiger partial charge in [0.1, 0.15) is 17.4 Å². The van der Waals surface area contributed by atoms with Crippen LogP contribution in [0.25, 0.3) is 0 Å². The van der Waals surface area contributed by atoms with Crippen molar-refractivity contribution in [2.45, 2.75) is 0 Å². The Kier molecular flexibility index (Phi) is 4.52. The molecule has 0 saturated carbocycles. The van der Waals surface area contributed by atoms with Gasteiger partial charge in [-0.05, 0) is 18.2 Å². The first-order valence-corrected chi connectivity index (χ1v) is 6.45. The van der Waals surface area contributed by atoms with Crippen LogP contribution in [0.1, 0.15) is 0 Å². The second-order valence-corrected chi connectivity index (χ2v) is 4.68. The Balaban J connectivity index is 2.39. The van der Waals surface area contributed by atoms with Crippen LogP contribution in [0.5, 0.6) is 5.75 Å². The lowest BCUT2D eigenvalue weighted by Gasteiger charge is -2.12. The maximum atomic E-state index is 13.8. The Bertz CT molecular complexity index is 637. The van der Waals surface area contributed by atoms with Crippen molar-refractivity contribution in [1.29, 1.82) is 0 Å². The first-order valence-electron chi connectivity index (χ1n) is 5.69. The van der Waals surface area contributed by atoms with Crippen LogP contribution in [-0.2, 0) is 0 Å². The number of hydrogen-bond acceptors (Lipinski definition) is 4. The zero-order valence-corrected chi connectivity index (χ0v) is 12.3. The Morgan fingerprint density at radius 1 is 1.15 bits per heavy atom. The normalized spacial score (nSPS) is 10.2. The number of pyridine rings is 1. The molecule has 1 aromatic carbocycles. The number of benzene rings is 1. The van der Waals surface area contributed by atoms with Gasteiger partial charge in [-0.2, -0.15) is 0 Å². The lowest BCUT2D eigenvalue weighted by molar-refractivity contribution is 0.414. The van der Waals surface area contributed by atoms with Crippen molar-refractivity contribution < 1.29 is 9.13 Å². The fourth-order valence-electron chi connectivity index (χ4n) is 1.58. The first-order chi connectivity index (χ1) is 9.55. The molecule has 0 saturated heterocycles. The quantitative estimate of drug-likeness (QED) is 0.882. The molecule has 4 nitrogen and oxygen atoms in total. The van der Waals surface area contributed by atoms with Crippen molar-refractivity contribution in [1.82, 2.24) is 4.98 Å². The second-order valence-electron chi connectivity index (χ2n) is 3.87. The van der Waals surface area contributed by atoms with Gasteiger partial charge in [-0.3, -0.25) is 0 Å². The fraction of sp³-hybridized carbons (Fsp3) is 0.154. The average Bonchev–Trinajstić information content (AvgIpc) is 2.44. The molecule has 1 aromatic heterocycles. The summed E-state index contributed by atoms with van der Waals surface area (Å²) in [7, 11) is 3.18. The van der Waals surface area contributed by atoms with E-state index in [0.717, 1.165) is 0 Å². The molecule has 0 spiro atoms. The number of ether oxygens (including phenoxy) is 1. The topological polar surface area (TPSA) is 46.2 Å². The van der Waals surface area contributed by atoms with Gasteiger partial charge in [-0.15, -0.1) is 0 Å². The molecule has 106 valence electrons. The van der Waals surface area contributed by atoms with E-state index < -0.39 is 5.82 Å². The van der Waals surface area contributed by atoms with Gasteiger partial charge in [0.15, 0.2) is 5.82 Å². The van der Waals surface area contributed by atoms with E-state index in [-0.39, 0.29) is 10.7 Å². The van der Waals surface area contributed by atoms with Crippen LogP contribution in [0.3, 0.4) is 0 Å². The van der Waals surface area contributed by atoms with Crippen molar-refractivity contribution >= 4 is 40.5 Å². The van der Waals surface area contributed by atoms with Crippen LogP contribution in [0.2, 0.25) is 10.0 Å². The number of rotatable bonds is 4. The third-order valence-corrected chi connectivity index (χ3v) is 3.17. The highest BCUT2D eigenvalue weighted by Gasteiger charge is 2.11. The minimum atomic E-state index is -0.440. The Morgan fingerprint density at radius 3 is 2.50 bits per heavy atom. The Labute approximate surface area is 125 Å². The summed E-state index contributed by atoms with van der Waals surface area (Å²) < 4.78 is 18.8. The van der Waals surface area contributed by atoms with Crippen LogP contribution >= 0.6 is 23.2 Å². The van der Waals surface area contributed by atoms with Crippen molar-refractivity contribution in [3.05, 3.63) is 40.1 Å². The van der Waals surface area contributed by atoms with Crippen LogP contribution in [-0.4, -0.2) is 19.1 Å². The highest BCUT2D eigenvalue weighted by atomic mass is 35.5. The molecule has 0 bridgehead atoms. The summed E-state index contributed by atoms with van der Waals surface area (Å²) in [4.78, 5) is 4.19. The summed E-state index contributed by atoms with van der Waals surface area (Å²) in [5.74, 6) is 0.826. The Hall–Kier alpha value is -1.72. The van der Waals surface area contributed by atoms with Gasteiger partial charge >= 0.3 is 0 Å². The largest absolute Gasteiger partial charge is 0.497 e. The minimum absolute atomic E-state index is 0.211. The second kappa shape index (κ2) is 6.15. The predicted molar refractivity (Wildman–Crippen MR) is 80.0 cm³/mol. The van der Waals surface area contributed by atoms with E-state index in [0.29, 0.717) is 22.4 Å². The summed E-state index contributed by atoms with van der Waals surface area (Å²) in [6, 6.07) is 5.86. The van der Waals surface area contributed by atoms with Gasteiger partial charge in [0.2, 0.25) is 0 Å². The van der Waals surface area contributed by atoms with Crippen LogP contribution < -0.4 is 15.4 Å². The standard InChI is InChI=1S/C13H12Cl2FN3O/c1-17-12-8(14)6-9(15)13(19-12)18-11-5-7(20-2)3-4-10(11)16/h3-6H,1-2H3,(H2,17,18,19). The minimum Gasteiger partial charge on any atom is -0.497 e. The van der Waals surface area contributed by atoms with E-state index in [9.17, 15) is 4.39 Å². The highest BCUT2D eigenvalue weighted by Crippen LogP contribution is 2.32. The lowest BCUT2D eigenvalue weighted by Crippen LogP contribution is -2.01. The molecular weight excluding hydrogens is 304 g/mol. The van der Waals surface area contributed by atoms with Gasteiger partial charge in [-0.1, -0.05) is 23.2 Å². The number of methoxy groups -OCH3 is 1. The number of nitrogens with zero attached hydrogens (tertiary/aromatic N) is 1. The molecule has 2 aromatic rings. The monoisotopic (exact) mass is 315 g/mol. The molecule has 0 aliphatic heterocycles. The summed E-state index contributed by atoms with van der Waals surface area (Å²) in [5, 5.41) is 6.32. The summed E-state index contributed by atoms with van der Waals surface area (Å²) in [6.07, 6.45) is 0.